The fourth-order valence-corrected chi connectivity index (χ4v) is 3.95. The molecule has 7 nitrogen and oxygen atoms in total. The molecule has 0 saturated heterocycles. The second kappa shape index (κ2) is 8.92. The zero-order valence-electron chi connectivity index (χ0n) is 17.8. The van der Waals surface area contributed by atoms with Crippen LogP contribution in [0.25, 0.3) is 22.4 Å². The van der Waals surface area contributed by atoms with E-state index >= 15 is 0 Å². The molecular weight excluding hydrogens is 472 g/mol. The molecule has 0 aliphatic carbocycles. The molecule has 32 heavy (non-hydrogen) atoms. The van der Waals surface area contributed by atoms with Crippen molar-refractivity contribution in [2.24, 2.45) is 0 Å². The van der Waals surface area contributed by atoms with Crippen molar-refractivity contribution < 1.29 is 14.1 Å². The third kappa shape index (κ3) is 4.40. The maximum Gasteiger partial charge on any atom is 0.259 e. The van der Waals surface area contributed by atoms with Gasteiger partial charge in [-0.1, -0.05) is 51.4 Å². The lowest BCUT2D eigenvalue weighted by Gasteiger charge is -2.18. The second-order valence-corrected chi connectivity index (χ2v) is 8.45. The van der Waals surface area contributed by atoms with Gasteiger partial charge in [-0.05, 0) is 43.7 Å². The Labute approximate surface area is 193 Å². The van der Waals surface area contributed by atoms with Gasteiger partial charge in [-0.25, -0.2) is 4.98 Å². The summed E-state index contributed by atoms with van der Waals surface area (Å²) >= 11 is 3.41. The van der Waals surface area contributed by atoms with Gasteiger partial charge in [0.15, 0.2) is 0 Å². The number of likely N-dealkylation sites (N-methyl/N-ethyl adjacent to an activating group) is 1. The van der Waals surface area contributed by atoms with E-state index in [0.717, 1.165) is 15.6 Å². The van der Waals surface area contributed by atoms with E-state index < -0.39 is 0 Å². The summed E-state index contributed by atoms with van der Waals surface area (Å²) in [6, 6.07) is 16.8. The largest absolute Gasteiger partial charge is 0.335 e. The van der Waals surface area contributed by atoms with Crippen molar-refractivity contribution in [1.29, 1.82) is 0 Å². The molecule has 0 aliphatic rings. The van der Waals surface area contributed by atoms with Gasteiger partial charge < -0.3 is 14.7 Å². The van der Waals surface area contributed by atoms with Gasteiger partial charge in [0.25, 0.3) is 11.6 Å². The third-order valence-corrected chi connectivity index (χ3v) is 5.60. The van der Waals surface area contributed by atoms with Crippen LogP contribution in [0, 0.1) is 13.8 Å². The summed E-state index contributed by atoms with van der Waals surface area (Å²) in [6.07, 6.45) is 0. The van der Waals surface area contributed by atoms with Crippen LogP contribution in [0.1, 0.15) is 21.6 Å². The van der Waals surface area contributed by atoms with Crippen LogP contribution in [-0.2, 0) is 4.79 Å². The fourth-order valence-electron chi connectivity index (χ4n) is 3.47. The number of halogens is 1. The predicted octanol–water partition coefficient (Wildman–Crippen LogP) is 4.98. The molecule has 0 saturated carbocycles. The van der Waals surface area contributed by atoms with E-state index in [1.165, 1.54) is 4.90 Å². The van der Waals surface area contributed by atoms with Gasteiger partial charge in [-0.15, -0.1) is 0 Å². The Morgan fingerprint density at radius 3 is 2.56 bits per heavy atom. The highest BCUT2D eigenvalue weighted by molar-refractivity contribution is 9.10. The van der Waals surface area contributed by atoms with Crippen LogP contribution in [-0.4, -0.2) is 40.4 Å². The number of aryl methyl sites for hydroxylation is 2. The SMILES string of the molecule is Cc1cc(Br)ccc1NC(=O)CN(C)C(=O)c1cc(-c2ccccc2)nc2onc(C)c12. The number of hydrogen-bond donors (Lipinski definition) is 1. The van der Waals surface area contributed by atoms with Gasteiger partial charge in [0.05, 0.1) is 28.9 Å². The Hall–Kier alpha value is -3.52. The lowest BCUT2D eigenvalue weighted by molar-refractivity contribution is -0.116. The van der Waals surface area contributed by atoms with Crippen molar-refractivity contribution >= 4 is 44.5 Å². The molecule has 4 aromatic rings. The molecule has 2 heterocycles. The molecule has 0 fully saturated rings. The summed E-state index contributed by atoms with van der Waals surface area (Å²) in [5.74, 6) is -0.606. The molecule has 2 amide bonds. The average molecular weight is 493 g/mol. The van der Waals surface area contributed by atoms with Crippen molar-refractivity contribution in [3.8, 4) is 11.3 Å². The van der Waals surface area contributed by atoms with E-state index in [0.29, 0.717) is 28.0 Å². The number of rotatable bonds is 5. The number of amides is 2. The van der Waals surface area contributed by atoms with Gasteiger partial charge in [-0.2, -0.15) is 0 Å². The van der Waals surface area contributed by atoms with Crippen molar-refractivity contribution in [1.82, 2.24) is 15.0 Å². The molecule has 0 atom stereocenters. The summed E-state index contributed by atoms with van der Waals surface area (Å²) in [5, 5.41) is 7.38. The number of nitrogens with one attached hydrogen (secondary N) is 1. The second-order valence-electron chi connectivity index (χ2n) is 7.54. The minimum atomic E-state index is -0.316. The van der Waals surface area contributed by atoms with Gasteiger partial charge in [0.1, 0.15) is 0 Å². The first-order valence-electron chi connectivity index (χ1n) is 9.97. The Bertz CT molecular complexity index is 1320. The molecule has 0 bridgehead atoms. The van der Waals surface area contributed by atoms with Crippen LogP contribution in [0.15, 0.2) is 63.6 Å². The molecule has 8 heteroatoms. The molecule has 0 aliphatic heterocycles. The zero-order valence-corrected chi connectivity index (χ0v) is 19.4. The minimum Gasteiger partial charge on any atom is -0.335 e. The third-order valence-electron chi connectivity index (χ3n) is 5.11. The zero-order chi connectivity index (χ0) is 22.8. The van der Waals surface area contributed by atoms with E-state index in [-0.39, 0.29) is 24.1 Å². The molecular formula is C24H21BrN4O3. The fraction of sp³-hybridized carbons (Fsp3) is 0.167. The normalized spacial score (nSPS) is 10.9. The van der Waals surface area contributed by atoms with Crippen LogP contribution in [0.2, 0.25) is 0 Å². The summed E-state index contributed by atoms with van der Waals surface area (Å²) < 4.78 is 6.28. The molecule has 162 valence electrons. The first-order chi connectivity index (χ1) is 15.3. The van der Waals surface area contributed by atoms with Gasteiger partial charge in [-0.3, -0.25) is 9.59 Å². The standard InChI is InChI=1S/C24H21BrN4O3/c1-14-11-17(25)9-10-19(14)26-21(30)13-29(3)24(31)18-12-20(16-7-5-4-6-8-16)27-23-22(18)15(2)28-32-23/h4-12H,13H2,1-3H3,(H,26,30). The highest BCUT2D eigenvalue weighted by atomic mass is 79.9. The highest BCUT2D eigenvalue weighted by Crippen LogP contribution is 2.28. The lowest BCUT2D eigenvalue weighted by atomic mass is 10.0. The Morgan fingerprint density at radius 1 is 1.09 bits per heavy atom. The van der Waals surface area contributed by atoms with Crippen LogP contribution in [0.4, 0.5) is 5.69 Å². The van der Waals surface area contributed by atoms with E-state index in [1.807, 2.05) is 55.5 Å². The van der Waals surface area contributed by atoms with E-state index in [1.54, 1.807) is 20.0 Å². The Balaban J connectivity index is 1.61. The minimum absolute atomic E-state index is 0.108. The topological polar surface area (TPSA) is 88.3 Å². The van der Waals surface area contributed by atoms with Crippen LogP contribution in [0.3, 0.4) is 0 Å². The van der Waals surface area contributed by atoms with Crippen molar-refractivity contribution in [2.45, 2.75) is 13.8 Å². The number of fused-ring (bicyclic) bond motifs is 1. The first kappa shape index (κ1) is 21.7. The van der Waals surface area contributed by atoms with Crippen molar-refractivity contribution in [2.75, 3.05) is 18.9 Å². The number of hydrogen-bond acceptors (Lipinski definition) is 5. The number of pyridine rings is 1. The van der Waals surface area contributed by atoms with E-state index in [9.17, 15) is 9.59 Å². The van der Waals surface area contributed by atoms with Gasteiger partial charge in [0.2, 0.25) is 5.91 Å². The predicted molar refractivity (Wildman–Crippen MR) is 126 cm³/mol. The van der Waals surface area contributed by atoms with E-state index in [4.69, 9.17) is 4.52 Å². The number of anilines is 1. The van der Waals surface area contributed by atoms with Crippen LogP contribution >= 0.6 is 15.9 Å². The average Bonchev–Trinajstić information content (AvgIpc) is 3.16. The molecule has 1 N–H and O–H groups in total. The number of benzene rings is 2. The Morgan fingerprint density at radius 2 is 1.84 bits per heavy atom. The van der Waals surface area contributed by atoms with Crippen molar-refractivity contribution in [3.05, 3.63) is 75.9 Å². The van der Waals surface area contributed by atoms with Crippen LogP contribution in [0.5, 0.6) is 0 Å². The monoisotopic (exact) mass is 492 g/mol. The number of aromatic nitrogens is 2. The molecule has 0 unspecified atom stereocenters. The highest BCUT2D eigenvalue weighted by Gasteiger charge is 2.23. The number of carbonyl (C=O) groups excluding carboxylic acids is 2. The molecule has 2 aromatic carbocycles. The van der Waals surface area contributed by atoms with E-state index in [2.05, 4.69) is 31.4 Å². The summed E-state index contributed by atoms with van der Waals surface area (Å²) in [6.45, 7) is 3.56. The van der Waals surface area contributed by atoms with Crippen LogP contribution < -0.4 is 5.32 Å². The van der Waals surface area contributed by atoms with Gasteiger partial charge >= 0.3 is 0 Å². The molecule has 4 rings (SSSR count). The smallest absolute Gasteiger partial charge is 0.259 e. The lowest BCUT2D eigenvalue weighted by Crippen LogP contribution is -2.35. The number of carbonyl (C=O) groups is 2. The maximum absolute atomic E-state index is 13.3. The summed E-state index contributed by atoms with van der Waals surface area (Å²) in [4.78, 5) is 31.8. The number of nitrogens with zero attached hydrogens (tertiary/aromatic N) is 3. The maximum atomic E-state index is 13.3. The Kier molecular flexibility index (Phi) is 6.05. The molecule has 0 radical (unpaired) electrons. The quantitative estimate of drug-likeness (QED) is 0.424. The van der Waals surface area contributed by atoms with Gasteiger partial charge in [0, 0.05) is 22.8 Å². The summed E-state index contributed by atoms with van der Waals surface area (Å²) in [5.41, 5.74) is 4.32. The summed E-state index contributed by atoms with van der Waals surface area (Å²) in [7, 11) is 1.59. The molecule has 2 aromatic heterocycles. The van der Waals surface area contributed by atoms with Crippen molar-refractivity contribution in [3.63, 3.8) is 0 Å². The first-order valence-corrected chi connectivity index (χ1v) is 10.8. The molecule has 0 spiro atoms.